The highest BCUT2D eigenvalue weighted by Crippen LogP contribution is 2.24. The van der Waals surface area contributed by atoms with Gasteiger partial charge in [-0.1, -0.05) is 62.4 Å². The first-order chi connectivity index (χ1) is 10.2. The summed E-state index contributed by atoms with van der Waals surface area (Å²) < 4.78 is 0. The van der Waals surface area contributed by atoms with Gasteiger partial charge in [-0.25, -0.2) is 9.97 Å². The smallest absolute Gasteiger partial charge is 0.159 e. The summed E-state index contributed by atoms with van der Waals surface area (Å²) in [5.41, 5.74) is 4.60. The third kappa shape index (κ3) is 3.00. The van der Waals surface area contributed by atoms with Gasteiger partial charge in [0.1, 0.15) is 0 Å². The van der Waals surface area contributed by atoms with Crippen molar-refractivity contribution < 1.29 is 0 Å². The number of hydrogen-bond donors (Lipinski definition) is 0. The second kappa shape index (κ2) is 5.88. The Kier molecular flexibility index (Phi) is 3.78. The van der Waals surface area contributed by atoms with Crippen LogP contribution in [0, 0.1) is 0 Å². The SMILES string of the molecule is CC(C)c1cnc(-c2cccc(-c3ccccc3)c2)nc1. The highest BCUT2D eigenvalue weighted by atomic mass is 14.9. The van der Waals surface area contributed by atoms with Gasteiger partial charge in [-0.3, -0.25) is 0 Å². The van der Waals surface area contributed by atoms with Gasteiger partial charge < -0.3 is 0 Å². The topological polar surface area (TPSA) is 25.8 Å². The van der Waals surface area contributed by atoms with Crippen LogP contribution in [0.15, 0.2) is 67.0 Å². The Morgan fingerprint density at radius 1 is 0.714 bits per heavy atom. The van der Waals surface area contributed by atoms with E-state index in [1.807, 2.05) is 18.5 Å². The van der Waals surface area contributed by atoms with Crippen LogP contribution in [-0.4, -0.2) is 9.97 Å². The molecule has 3 rings (SSSR count). The molecule has 104 valence electrons. The third-order valence-corrected chi connectivity index (χ3v) is 3.57. The van der Waals surface area contributed by atoms with Gasteiger partial charge in [0.2, 0.25) is 0 Å². The fraction of sp³-hybridized carbons (Fsp3) is 0.158. The Hall–Kier alpha value is -2.48. The molecule has 0 aliphatic rings. The summed E-state index contributed by atoms with van der Waals surface area (Å²) in [4.78, 5) is 8.99. The summed E-state index contributed by atoms with van der Waals surface area (Å²) in [5.74, 6) is 1.23. The van der Waals surface area contributed by atoms with E-state index in [1.54, 1.807) is 0 Å². The molecule has 0 saturated carbocycles. The first-order valence-corrected chi connectivity index (χ1v) is 7.22. The zero-order valence-electron chi connectivity index (χ0n) is 12.3. The lowest BCUT2D eigenvalue weighted by molar-refractivity contribution is 0.847. The van der Waals surface area contributed by atoms with E-state index in [2.05, 4.69) is 72.3 Å². The van der Waals surface area contributed by atoms with Crippen molar-refractivity contribution in [3.63, 3.8) is 0 Å². The van der Waals surface area contributed by atoms with Gasteiger partial charge in [0.25, 0.3) is 0 Å². The molecule has 0 aliphatic carbocycles. The van der Waals surface area contributed by atoms with Gasteiger partial charge >= 0.3 is 0 Å². The largest absolute Gasteiger partial charge is 0.236 e. The van der Waals surface area contributed by atoms with E-state index in [-0.39, 0.29) is 0 Å². The van der Waals surface area contributed by atoms with Crippen LogP contribution in [0.5, 0.6) is 0 Å². The molecule has 3 aromatic rings. The molecule has 0 fully saturated rings. The van der Waals surface area contributed by atoms with E-state index >= 15 is 0 Å². The molecule has 0 aliphatic heterocycles. The molecule has 1 aromatic heterocycles. The third-order valence-electron chi connectivity index (χ3n) is 3.57. The molecule has 0 amide bonds. The molecule has 0 spiro atoms. The van der Waals surface area contributed by atoms with Crippen LogP contribution < -0.4 is 0 Å². The lowest BCUT2D eigenvalue weighted by Crippen LogP contribution is -1.94. The predicted octanol–water partition coefficient (Wildman–Crippen LogP) is 4.93. The minimum absolute atomic E-state index is 0.453. The molecule has 0 N–H and O–H groups in total. The van der Waals surface area contributed by atoms with E-state index in [9.17, 15) is 0 Å². The minimum Gasteiger partial charge on any atom is -0.236 e. The first-order valence-electron chi connectivity index (χ1n) is 7.22. The molecule has 0 saturated heterocycles. The average molecular weight is 274 g/mol. The fourth-order valence-corrected chi connectivity index (χ4v) is 2.25. The quantitative estimate of drug-likeness (QED) is 0.676. The number of aromatic nitrogens is 2. The van der Waals surface area contributed by atoms with Crippen LogP contribution in [0.1, 0.15) is 25.3 Å². The zero-order valence-corrected chi connectivity index (χ0v) is 12.3. The van der Waals surface area contributed by atoms with Crippen LogP contribution in [0.4, 0.5) is 0 Å². The number of hydrogen-bond acceptors (Lipinski definition) is 2. The van der Waals surface area contributed by atoms with E-state index in [1.165, 1.54) is 11.1 Å². The molecule has 0 bridgehead atoms. The number of benzene rings is 2. The molecule has 21 heavy (non-hydrogen) atoms. The van der Waals surface area contributed by atoms with Crippen molar-refractivity contribution >= 4 is 0 Å². The lowest BCUT2D eigenvalue weighted by Gasteiger charge is -2.07. The van der Waals surface area contributed by atoms with E-state index in [4.69, 9.17) is 0 Å². The molecule has 2 heteroatoms. The molecule has 0 radical (unpaired) electrons. The molecule has 0 unspecified atom stereocenters. The van der Waals surface area contributed by atoms with Crippen molar-refractivity contribution in [2.75, 3.05) is 0 Å². The van der Waals surface area contributed by atoms with Gasteiger partial charge in [0, 0.05) is 18.0 Å². The molecule has 2 aromatic carbocycles. The standard InChI is InChI=1S/C19H18N2/c1-14(2)18-12-20-19(21-13-18)17-10-6-9-16(11-17)15-7-4-3-5-8-15/h3-14H,1-2H3. The van der Waals surface area contributed by atoms with Crippen molar-refractivity contribution in [1.29, 1.82) is 0 Å². The fourth-order valence-electron chi connectivity index (χ4n) is 2.25. The van der Waals surface area contributed by atoms with Gasteiger partial charge in [-0.05, 0) is 28.7 Å². The minimum atomic E-state index is 0.453. The summed E-state index contributed by atoms with van der Waals surface area (Å²) in [6, 6.07) is 18.7. The second-order valence-electron chi connectivity index (χ2n) is 5.44. The maximum Gasteiger partial charge on any atom is 0.159 e. The monoisotopic (exact) mass is 274 g/mol. The molecule has 2 nitrogen and oxygen atoms in total. The maximum atomic E-state index is 4.49. The summed E-state index contributed by atoms with van der Waals surface area (Å²) in [7, 11) is 0. The lowest BCUT2D eigenvalue weighted by atomic mass is 10.0. The van der Waals surface area contributed by atoms with E-state index < -0.39 is 0 Å². The zero-order chi connectivity index (χ0) is 14.7. The Morgan fingerprint density at radius 2 is 1.33 bits per heavy atom. The Balaban J connectivity index is 1.96. The average Bonchev–Trinajstić information content (AvgIpc) is 2.56. The Morgan fingerprint density at radius 3 is 2.00 bits per heavy atom. The van der Waals surface area contributed by atoms with Gasteiger partial charge in [0.05, 0.1) is 0 Å². The van der Waals surface area contributed by atoms with Crippen molar-refractivity contribution in [2.24, 2.45) is 0 Å². The Bertz CT molecular complexity index is 716. The molecular formula is C19H18N2. The van der Waals surface area contributed by atoms with Crippen LogP contribution in [0.2, 0.25) is 0 Å². The van der Waals surface area contributed by atoms with Crippen molar-refractivity contribution in [2.45, 2.75) is 19.8 Å². The summed E-state index contributed by atoms with van der Waals surface area (Å²) in [5, 5.41) is 0. The number of rotatable bonds is 3. The summed E-state index contributed by atoms with van der Waals surface area (Å²) >= 11 is 0. The highest BCUT2D eigenvalue weighted by Gasteiger charge is 2.05. The molecular weight excluding hydrogens is 256 g/mol. The van der Waals surface area contributed by atoms with Crippen molar-refractivity contribution in [1.82, 2.24) is 9.97 Å². The Labute approximate surface area is 125 Å². The van der Waals surface area contributed by atoms with E-state index in [0.717, 1.165) is 17.0 Å². The normalized spacial score (nSPS) is 10.8. The van der Waals surface area contributed by atoms with Gasteiger partial charge in [-0.15, -0.1) is 0 Å². The molecule has 0 atom stereocenters. The van der Waals surface area contributed by atoms with Crippen LogP contribution in [0.3, 0.4) is 0 Å². The van der Waals surface area contributed by atoms with Crippen LogP contribution in [-0.2, 0) is 0 Å². The number of nitrogens with zero attached hydrogens (tertiary/aromatic N) is 2. The second-order valence-corrected chi connectivity index (χ2v) is 5.44. The summed E-state index contributed by atoms with van der Waals surface area (Å²) in [6.45, 7) is 4.29. The highest BCUT2D eigenvalue weighted by molar-refractivity contribution is 5.70. The van der Waals surface area contributed by atoms with Gasteiger partial charge in [0.15, 0.2) is 5.82 Å². The van der Waals surface area contributed by atoms with Crippen LogP contribution >= 0.6 is 0 Å². The first kappa shape index (κ1) is 13.5. The van der Waals surface area contributed by atoms with Gasteiger partial charge in [-0.2, -0.15) is 0 Å². The van der Waals surface area contributed by atoms with Crippen molar-refractivity contribution in [3.05, 3.63) is 72.6 Å². The van der Waals surface area contributed by atoms with Crippen LogP contribution in [0.25, 0.3) is 22.5 Å². The maximum absolute atomic E-state index is 4.49. The summed E-state index contributed by atoms with van der Waals surface area (Å²) in [6.07, 6.45) is 3.84. The van der Waals surface area contributed by atoms with E-state index in [0.29, 0.717) is 5.92 Å². The predicted molar refractivity (Wildman–Crippen MR) is 87.0 cm³/mol. The molecule has 1 heterocycles. The van der Waals surface area contributed by atoms with Crippen molar-refractivity contribution in [3.8, 4) is 22.5 Å².